The molecule has 2 heteroatoms. The third-order valence-electron chi connectivity index (χ3n) is 8.44. The molecule has 4 aliphatic carbocycles. The van der Waals surface area contributed by atoms with Crippen LogP contribution >= 0.6 is 0 Å². The molecule has 0 aliphatic heterocycles. The van der Waals surface area contributed by atoms with E-state index in [0.29, 0.717) is 11.7 Å². The van der Waals surface area contributed by atoms with Crippen LogP contribution in [0.25, 0.3) is 0 Å². The van der Waals surface area contributed by atoms with Crippen molar-refractivity contribution in [1.29, 1.82) is 5.26 Å². The van der Waals surface area contributed by atoms with Crippen molar-refractivity contribution in [2.24, 2.45) is 34.5 Å². The number of allylic oxidation sites excluding steroid dienone is 1. The van der Waals surface area contributed by atoms with Gasteiger partial charge in [-0.15, -0.1) is 0 Å². The molecular weight excluding hydrogens is 282 g/mol. The van der Waals surface area contributed by atoms with Crippen molar-refractivity contribution in [2.75, 3.05) is 0 Å². The van der Waals surface area contributed by atoms with Gasteiger partial charge in [0.1, 0.15) is 0 Å². The molecule has 0 amide bonds. The van der Waals surface area contributed by atoms with Crippen LogP contribution in [0.15, 0.2) is 11.6 Å². The van der Waals surface area contributed by atoms with E-state index in [1.165, 1.54) is 31.3 Å². The zero-order chi connectivity index (χ0) is 16.2. The lowest BCUT2D eigenvalue weighted by molar-refractivity contribution is -0.116. The Hall–Kier alpha value is -1.10. The van der Waals surface area contributed by atoms with Crippen LogP contribution in [-0.4, -0.2) is 5.78 Å². The SMILES string of the molecule is CCC12CC[C@H]3[C@@H](CCC4=CC(=O)CC[C@@H]43)[C@@H]1CC[C@]2(C)C#N. The summed E-state index contributed by atoms with van der Waals surface area (Å²) in [5, 5.41) is 9.88. The predicted octanol–water partition coefficient (Wildman–Crippen LogP) is 5.05. The molecule has 124 valence electrons. The summed E-state index contributed by atoms with van der Waals surface area (Å²) < 4.78 is 0. The van der Waals surface area contributed by atoms with Gasteiger partial charge in [-0.2, -0.15) is 5.26 Å². The van der Waals surface area contributed by atoms with Crippen molar-refractivity contribution in [3.05, 3.63) is 11.6 Å². The number of fused-ring (bicyclic) bond motifs is 5. The summed E-state index contributed by atoms with van der Waals surface area (Å²) in [4.78, 5) is 11.8. The summed E-state index contributed by atoms with van der Waals surface area (Å²) in [7, 11) is 0. The van der Waals surface area contributed by atoms with E-state index in [2.05, 4.69) is 19.9 Å². The van der Waals surface area contributed by atoms with Crippen molar-refractivity contribution in [2.45, 2.75) is 71.6 Å². The maximum absolute atomic E-state index is 11.8. The number of rotatable bonds is 1. The largest absolute Gasteiger partial charge is 0.295 e. The van der Waals surface area contributed by atoms with Crippen molar-refractivity contribution in [1.82, 2.24) is 0 Å². The molecule has 0 aromatic carbocycles. The minimum Gasteiger partial charge on any atom is -0.295 e. The molecule has 3 fully saturated rings. The van der Waals surface area contributed by atoms with E-state index in [1.807, 2.05) is 6.08 Å². The molecule has 0 heterocycles. The fraction of sp³-hybridized carbons (Fsp3) is 0.810. The zero-order valence-corrected chi connectivity index (χ0v) is 14.6. The highest BCUT2D eigenvalue weighted by Gasteiger charge is 2.62. The Kier molecular flexibility index (Phi) is 3.49. The van der Waals surface area contributed by atoms with Crippen LogP contribution in [0.1, 0.15) is 71.6 Å². The maximum atomic E-state index is 11.8. The van der Waals surface area contributed by atoms with Gasteiger partial charge in [0.05, 0.1) is 11.5 Å². The molecule has 0 spiro atoms. The maximum Gasteiger partial charge on any atom is 0.155 e. The second kappa shape index (κ2) is 5.20. The fourth-order valence-corrected chi connectivity index (χ4v) is 7.26. The summed E-state index contributed by atoms with van der Waals surface area (Å²) in [5.74, 6) is 3.36. The first-order valence-corrected chi connectivity index (χ1v) is 9.69. The number of hydrogen-bond acceptors (Lipinski definition) is 2. The molecule has 6 atom stereocenters. The molecule has 0 aromatic rings. The molecule has 4 aliphatic rings. The summed E-state index contributed by atoms with van der Waals surface area (Å²) in [6.45, 7) is 4.56. The minimum atomic E-state index is -0.115. The first-order chi connectivity index (χ1) is 11.0. The van der Waals surface area contributed by atoms with Gasteiger partial charge in [0, 0.05) is 6.42 Å². The van der Waals surface area contributed by atoms with E-state index in [0.717, 1.165) is 49.9 Å². The van der Waals surface area contributed by atoms with Gasteiger partial charge in [-0.05, 0) is 93.5 Å². The van der Waals surface area contributed by atoms with Gasteiger partial charge in [-0.3, -0.25) is 4.79 Å². The predicted molar refractivity (Wildman–Crippen MR) is 90.4 cm³/mol. The summed E-state index contributed by atoms with van der Waals surface area (Å²) in [5.41, 5.74) is 1.61. The number of carbonyl (C=O) groups excluding carboxylic acids is 1. The van der Waals surface area contributed by atoms with Gasteiger partial charge in [-0.25, -0.2) is 0 Å². The van der Waals surface area contributed by atoms with Crippen LogP contribution in [0.2, 0.25) is 0 Å². The Labute approximate surface area is 140 Å². The highest BCUT2D eigenvalue weighted by Crippen LogP contribution is 2.68. The average molecular weight is 311 g/mol. The molecule has 0 aromatic heterocycles. The standard InChI is InChI=1S/C21H29NO/c1-3-21-11-8-17-16-7-5-15(23)12-14(16)4-6-18(17)19(21)9-10-20(21,2)13-22/h12,16-19H,3-11H2,1-2H3/t16-,17+,18+,19-,20+,21?/m0/s1. The number of hydrogen-bond donors (Lipinski definition) is 0. The highest BCUT2D eigenvalue weighted by molar-refractivity contribution is 5.91. The van der Waals surface area contributed by atoms with Gasteiger partial charge < -0.3 is 0 Å². The van der Waals surface area contributed by atoms with Crippen LogP contribution in [0, 0.1) is 45.8 Å². The van der Waals surface area contributed by atoms with Gasteiger partial charge in [0.15, 0.2) is 5.78 Å². The third-order valence-corrected chi connectivity index (χ3v) is 8.44. The lowest BCUT2D eigenvalue weighted by Crippen LogP contribution is -2.49. The van der Waals surface area contributed by atoms with E-state index in [4.69, 9.17) is 0 Å². The second-order valence-electron chi connectivity index (χ2n) is 8.83. The first-order valence-electron chi connectivity index (χ1n) is 9.69. The molecular formula is C21H29NO. The van der Waals surface area contributed by atoms with E-state index in [-0.39, 0.29) is 10.8 Å². The molecule has 3 saturated carbocycles. The molecule has 2 nitrogen and oxygen atoms in total. The van der Waals surface area contributed by atoms with Gasteiger partial charge in [0.2, 0.25) is 0 Å². The Morgan fingerprint density at radius 1 is 1.17 bits per heavy atom. The van der Waals surface area contributed by atoms with Crippen molar-refractivity contribution in [3.8, 4) is 6.07 Å². The smallest absolute Gasteiger partial charge is 0.155 e. The quantitative estimate of drug-likeness (QED) is 0.680. The average Bonchev–Trinajstić information content (AvgIpc) is 2.88. The number of ketones is 1. The minimum absolute atomic E-state index is 0.115. The van der Waals surface area contributed by atoms with Gasteiger partial charge in [0.25, 0.3) is 0 Å². The Balaban J connectivity index is 1.67. The molecule has 23 heavy (non-hydrogen) atoms. The summed E-state index contributed by atoms with van der Waals surface area (Å²) in [6.07, 6.45) is 12.3. The Morgan fingerprint density at radius 3 is 2.74 bits per heavy atom. The van der Waals surface area contributed by atoms with E-state index in [1.54, 1.807) is 0 Å². The van der Waals surface area contributed by atoms with E-state index >= 15 is 0 Å². The second-order valence-corrected chi connectivity index (χ2v) is 8.83. The Bertz CT molecular complexity index is 599. The fourth-order valence-electron chi connectivity index (χ4n) is 7.26. The van der Waals surface area contributed by atoms with Crippen LogP contribution in [0.5, 0.6) is 0 Å². The lowest BCUT2D eigenvalue weighted by Gasteiger charge is -2.56. The Morgan fingerprint density at radius 2 is 2.00 bits per heavy atom. The van der Waals surface area contributed by atoms with Crippen LogP contribution in [0.3, 0.4) is 0 Å². The first kappa shape index (κ1) is 15.4. The molecule has 0 N–H and O–H groups in total. The van der Waals surface area contributed by atoms with Crippen LogP contribution < -0.4 is 0 Å². The van der Waals surface area contributed by atoms with Crippen molar-refractivity contribution >= 4 is 5.78 Å². The van der Waals surface area contributed by atoms with Crippen LogP contribution in [0.4, 0.5) is 0 Å². The van der Waals surface area contributed by atoms with E-state index < -0.39 is 0 Å². The number of nitriles is 1. The van der Waals surface area contributed by atoms with Gasteiger partial charge in [-0.1, -0.05) is 12.5 Å². The molecule has 1 unspecified atom stereocenters. The van der Waals surface area contributed by atoms with Crippen molar-refractivity contribution in [3.63, 3.8) is 0 Å². The lowest BCUT2D eigenvalue weighted by atomic mass is 9.48. The zero-order valence-electron chi connectivity index (χ0n) is 14.6. The third kappa shape index (κ3) is 1.95. The summed E-state index contributed by atoms with van der Waals surface area (Å²) >= 11 is 0. The molecule has 0 bridgehead atoms. The molecule has 0 radical (unpaired) electrons. The monoisotopic (exact) mass is 311 g/mol. The van der Waals surface area contributed by atoms with Gasteiger partial charge >= 0.3 is 0 Å². The van der Waals surface area contributed by atoms with Crippen molar-refractivity contribution < 1.29 is 4.79 Å². The molecule has 0 saturated heterocycles. The highest BCUT2D eigenvalue weighted by atomic mass is 16.1. The summed E-state index contributed by atoms with van der Waals surface area (Å²) in [6, 6.07) is 2.73. The number of nitrogens with zero attached hydrogens (tertiary/aromatic N) is 1. The van der Waals surface area contributed by atoms with E-state index in [9.17, 15) is 10.1 Å². The number of carbonyl (C=O) groups is 1. The van der Waals surface area contributed by atoms with Crippen LogP contribution in [-0.2, 0) is 4.79 Å². The topological polar surface area (TPSA) is 40.9 Å². The normalized spacial score (nSPS) is 48.7. The molecule has 4 rings (SSSR count).